The van der Waals surface area contributed by atoms with Gasteiger partial charge in [-0.2, -0.15) is 5.26 Å². The van der Waals surface area contributed by atoms with Gasteiger partial charge in [0, 0.05) is 5.02 Å². The van der Waals surface area contributed by atoms with Crippen molar-refractivity contribution in [3.8, 4) is 6.07 Å². The van der Waals surface area contributed by atoms with Crippen LogP contribution in [0.3, 0.4) is 0 Å². The molecule has 0 radical (unpaired) electrons. The first-order chi connectivity index (χ1) is 8.22. The van der Waals surface area contributed by atoms with Crippen molar-refractivity contribution >= 4 is 28.7 Å². The quantitative estimate of drug-likeness (QED) is 0.787. The molecule has 0 aliphatic heterocycles. The summed E-state index contributed by atoms with van der Waals surface area (Å²) in [6, 6.07) is 12.4. The molecule has 1 unspecified atom stereocenters. The number of thiophene rings is 1. The van der Waals surface area contributed by atoms with Crippen LogP contribution in [0.15, 0.2) is 41.8 Å². The van der Waals surface area contributed by atoms with Crippen LogP contribution < -0.4 is 0 Å². The van der Waals surface area contributed by atoms with Gasteiger partial charge in [-0.25, -0.2) is 0 Å². The monoisotopic (exact) mass is 261 g/mol. The molecular weight excluding hydrogens is 254 g/mol. The highest BCUT2D eigenvalue weighted by molar-refractivity contribution is 7.12. The fourth-order valence-corrected chi connectivity index (χ4v) is 2.32. The average molecular weight is 262 g/mol. The SMILES string of the molecule is N#CC(C(=O)c1cccs1)c1ccc(Cl)cc1. The Labute approximate surface area is 108 Å². The molecule has 0 aliphatic carbocycles. The number of nitrogens with zero attached hydrogens (tertiary/aromatic N) is 1. The molecule has 0 spiro atoms. The number of carbonyl (C=O) groups excluding carboxylic acids is 1. The van der Waals surface area contributed by atoms with Gasteiger partial charge in [0.05, 0.1) is 10.9 Å². The molecule has 84 valence electrons. The third-order valence-electron chi connectivity index (χ3n) is 2.36. The fraction of sp³-hybridized carbons (Fsp3) is 0.0769. The van der Waals surface area contributed by atoms with E-state index in [0.717, 1.165) is 0 Å². The molecule has 0 fully saturated rings. The summed E-state index contributed by atoms with van der Waals surface area (Å²) >= 11 is 7.12. The average Bonchev–Trinajstić information content (AvgIpc) is 2.86. The Kier molecular flexibility index (Phi) is 3.58. The zero-order valence-corrected chi connectivity index (χ0v) is 10.3. The number of hydrogen-bond acceptors (Lipinski definition) is 3. The van der Waals surface area contributed by atoms with E-state index < -0.39 is 5.92 Å². The number of Topliss-reactive ketones (excluding diaryl/α,β-unsaturated/α-hetero) is 1. The lowest BCUT2D eigenvalue weighted by Crippen LogP contribution is -2.09. The topological polar surface area (TPSA) is 40.9 Å². The summed E-state index contributed by atoms with van der Waals surface area (Å²) in [4.78, 5) is 12.7. The highest BCUT2D eigenvalue weighted by Gasteiger charge is 2.22. The van der Waals surface area contributed by atoms with Crippen molar-refractivity contribution in [2.45, 2.75) is 5.92 Å². The van der Waals surface area contributed by atoms with Crippen LogP contribution in [0, 0.1) is 11.3 Å². The minimum absolute atomic E-state index is 0.162. The summed E-state index contributed by atoms with van der Waals surface area (Å²) in [5.74, 6) is -0.921. The molecular formula is C13H8ClNOS. The predicted octanol–water partition coefficient (Wildman–Crippen LogP) is 3.89. The normalized spacial score (nSPS) is 11.8. The molecule has 0 N–H and O–H groups in total. The van der Waals surface area contributed by atoms with Gasteiger partial charge in [0.2, 0.25) is 0 Å². The van der Waals surface area contributed by atoms with E-state index >= 15 is 0 Å². The molecule has 1 aromatic heterocycles. The Bertz CT molecular complexity index is 554. The van der Waals surface area contributed by atoms with Crippen LogP contribution >= 0.6 is 22.9 Å². The van der Waals surface area contributed by atoms with Crippen LogP contribution in [-0.4, -0.2) is 5.78 Å². The second-order valence-corrected chi connectivity index (χ2v) is 4.84. The lowest BCUT2D eigenvalue weighted by atomic mass is 9.95. The molecule has 2 aromatic rings. The minimum Gasteiger partial charge on any atom is -0.291 e. The molecule has 0 saturated heterocycles. The number of benzene rings is 1. The fourth-order valence-electron chi connectivity index (χ4n) is 1.50. The van der Waals surface area contributed by atoms with Crippen LogP contribution in [-0.2, 0) is 0 Å². The third kappa shape index (κ3) is 2.55. The van der Waals surface area contributed by atoms with E-state index in [2.05, 4.69) is 0 Å². The lowest BCUT2D eigenvalue weighted by molar-refractivity contribution is 0.0983. The molecule has 2 rings (SSSR count). The van der Waals surface area contributed by atoms with Crippen molar-refractivity contribution < 1.29 is 4.79 Å². The van der Waals surface area contributed by atoms with E-state index in [4.69, 9.17) is 16.9 Å². The van der Waals surface area contributed by atoms with Crippen LogP contribution in [0.5, 0.6) is 0 Å². The molecule has 0 amide bonds. The van der Waals surface area contributed by atoms with Crippen LogP contribution in [0.25, 0.3) is 0 Å². The highest BCUT2D eigenvalue weighted by atomic mass is 35.5. The Morgan fingerprint density at radius 1 is 1.29 bits per heavy atom. The molecule has 4 heteroatoms. The largest absolute Gasteiger partial charge is 0.291 e. The Balaban J connectivity index is 2.32. The van der Waals surface area contributed by atoms with Gasteiger partial charge < -0.3 is 0 Å². The van der Waals surface area contributed by atoms with E-state index in [1.54, 1.807) is 36.4 Å². The first-order valence-corrected chi connectivity index (χ1v) is 6.21. The zero-order chi connectivity index (χ0) is 12.3. The number of hydrogen-bond donors (Lipinski definition) is 0. The van der Waals surface area contributed by atoms with Crippen molar-refractivity contribution in [2.75, 3.05) is 0 Å². The predicted molar refractivity (Wildman–Crippen MR) is 68.5 cm³/mol. The Hall–Kier alpha value is -1.63. The van der Waals surface area contributed by atoms with Crippen molar-refractivity contribution in [1.29, 1.82) is 5.26 Å². The summed E-state index contributed by atoms with van der Waals surface area (Å²) in [5, 5.41) is 11.5. The molecule has 2 nitrogen and oxygen atoms in total. The van der Waals surface area contributed by atoms with Gasteiger partial charge in [-0.3, -0.25) is 4.79 Å². The number of nitriles is 1. The van der Waals surface area contributed by atoms with Crippen molar-refractivity contribution in [1.82, 2.24) is 0 Å². The molecule has 17 heavy (non-hydrogen) atoms. The summed E-state index contributed by atoms with van der Waals surface area (Å²) in [6.07, 6.45) is 0. The second kappa shape index (κ2) is 5.13. The second-order valence-electron chi connectivity index (χ2n) is 3.46. The number of halogens is 1. The van der Waals surface area contributed by atoms with Gasteiger partial charge in [-0.1, -0.05) is 29.8 Å². The molecule has 0 bridgehead atoms. The summed E-state index contributed by atoms with van der Waals surface area (Å²) in [7, 11) is 0. The number of ketones is 1. The van der Waals surface area contributed by atoms with Crippen molar-refractivity contribution in [3.63, 3.8) is 0 Å². The standard InChI is InChI=1S/C13H8ClNOS/c14-10-5-3-9(4-6-10)11(8-15)13(16)12-2-1-7-17-12/h1-7,11H. The van der Waals surface area contributed by atoms with Crippen LogP contribution in [0.2, 0.25) is 5.02 Å². The van der Waals surface area contributed by atoms with E-state index in [1.807, 2.05) is 11.4 Å². The molecule has 1 heterocycles. The first-order valence-electron chi connectivity index (χ1n) is 4.95. The van der Waals surface area contributed by atoms with Crippen LogP contribution in [0.4, 0.5) is 0 Å². The van der Waals surface area contributed by atoms with Crippen molar-refractivity contribution in [3.05, 3.63) is 57.2 Å². The summed E-state index contributed by atoms with van der Waals surface area (Å²) < 4.78 is 0. The maximum absolute atomic E-state index is 12.1. The maximum Gasteiger partial charge on any atom is 0.194 e. The van der Waals surface area contributed by atoms with Crippen LogP contribution in [0.1, 0.15) is 21.2 Å². The Morgan fingerprint density at radius 3 is 2.53 bits per heavy atom. The van der Waals surface area contributed by atoms with E-state index in [-0.39, 0.29) is 5.78 Å². The van der Waals surface area contributed by atoms with Gasteiger partial charge >= 0.3 is 0 Å². The van der Waals surface area contributed by atoms with Gasteiger partial charge in [0.1, 0.15) is 5.92 Å². The van der Waals surface area contributed by atoms with Gasteiger partial charge in [0.15, 0.2) is 5.78 Å². The maximum atomic E-state index is 12.1. The van der Waals surface area contributed by atoms with Gasteiger partial charge in [-0.05, 0) is 29.1 Å². The molecule has 1 atom stereocenters. The van der Waals surface area contributed by atoms with E-state index in [1.165, 1.54) is 11.3 Å². The first kappa shape index (κ1) is 11.8. The molecule has 1 aromatic carbocycles. The summed E-state index contributed by atoms with van der Waals surface area (Å²) in [5.41, 5.74) is 0.676. The summed E-state index contributed by atoms with van der Waals surface area (Å²) in [6.45, 7) is 0. The number of rotatable bonds is 3. The van der Waals surface area contributed by atoms with Gasteiger partial charge in [0.25, 0.3) is 0 Å². The Morgan fingerprint density at radius 2 is 2.00 bits per heavy atom. The zero-order valence-electron chi connectivity index (χ0n) is 8.76. The van der Waals surface area contributed by atoms with E-state index in [9.17, 15) is 4.79 Å². The molecule has 0 aliphatic rings. The molecule has 0 saturated carbocycles. The lowest BCUT2D eigenvalue weighted by Gasteiger charge is -2.06. The van der Waals surface area contributed by atoms with Crippen molar-refractivity contribution in [2.24, 2.45) is 0 Å². The van der Waals surface area contributed by atoms with Gasteiger partial charge in [-0.15, -0.1) is 11.3 Å². The highest BCUT2D eigenvalue weighted by Crippen LogP contribution is 2.24. The smallest absolute Gasteiger partial charge is 0.194 e. The third-order valence-corrected chi connectivity index (χ3v) is 3.50. The minimum atomic E-state index is -0.758. The van der Waals surface area contributed by atoms with E-state index in [0.29, 0.717) is 15.5 Å². The number of carbonyl (C=O) groups is 1.